The van der Waals surface area contributed by atoms with Crippen LogP contribution in [0.5, 0.6) is 0 Å². The molecule has 0 saturated carbocycles. The van der Waals surface area contributed by atoms with E-state index in [9.17, 15) is 38.7 Å². The van der Waals surface area contributed by atoms with Crippen molar-refractivity contribution in [1.29, 1.82) is 0 Å². The quantitative estimate of drug-likeness (QED) is 0.0780. The lowest BCUT2D eigenvalue weighted by molar-refractivity contribution is -0.143. The van der Waals surface area contributed by atoms with Crippen LogP contribution in [-0.4, -0.2) is 93.2 Å². The van der Waals surface area contributed by atoms with Gasteiger partial charge >= 0.3 is 5.97 Å². The Hall–Kier alpha value is -5.32. The standard InChI is InChI=1S/C31H45N9O8/c1-16(2)25(39-24(42)13-32)29(45)36-20(10-18-8-6-5-7-9-18)28(44)40-26(17(3)4)30(46)37-21(11-19-14-34-15-35-19)27(43)38-22(31(47)48)12-23(33)41/h5-9,14-17,20-22,25-26H,10-13,32H2,1-4H3,(H2,33,41)(H,34,35)(H,36,45)(H,37,46)(H,38,43)(H,39,42)(H,40,44)(H,47,48)/t20-,21-,22-,25-,26-/m0/s1. The van der Waals surface area contributed by atoms with Crippen LogP contribution in [0.2, 0.25) is 0 Å². The van der Waals surface area contributed by atoms with E-state index in [1.807, 2.05) is 0 Å². The van der Waals surface area contributed by atoms with Crippen LogP contribution in [0.1, 0.15) is 45.4 Å². The van der Waals surface area contributed by atoms with Gasteiger partial charge in [0.25, 0.3) is 0 Å². The van der Waals surface area contributed by atoms with Crippen LogP contribution in [0, 0.1) is 11.8 Å². The highest BCUT2D eigenvalue weighted by Crippen LogP contribution is 2.10. The molecule has 17 nitrogen and oxygen atoms in total. The molecule has 11 N–H and O–H groups in total. The summed E-state index contributed by atoms with van der Waals surface area (Å²) in [4.78, 5) is 95.6. The number of aromatic amines is 1. The summed E-state index contributed by atoms with van der Waals surface area (Å²) < 4.78 is 0. The van der Waals surface area contributed by atoms with Gasteiger partial charge in [0.05, 0.1) is 19.3 Å². The van der Waals surface area contributed by atoms with E-state index < -0.39 is 84.0 Å². The molecule has 48 heavy (non-hydrogen) atoms. The van der Waals surface area contributed by atoms with Crippen LogP contribution in [-0.2, 0) is 46.4 Å². The zero-order chi connectivity index (χ0) is 36.0. The van der Waals surface area contributed by atoms with Gasteiger partial charge in [-0.05, 0) is 17.4 Å². The molecule has 0 aliphatic heterocycles. The van der Waals surface area contributed by atoms with Gasteiger partial charge in [-0.1, -0.05) is 58.0 Å². The highest BCUT2D eigenvalue weighted by atomic mass is 16.4. The summed E-state index contributed by atoms with van der Waals surface area (Å²) in [5.41, 5.74) is 11.7. The van der Waals surface area contributed by atoms with Crippen molar-refractivity contribution in [2.45, 2.75) is 77.2 Å². The zero-order valence-corrected chi connectivity index (χ0v) is 27.3. The van der Waals surface area contributed by atoms with Crippen molar-refractivity contribution in [3.05, 3.63) is 54.1 Å². The number of carbonyl (C=O) groups is 7. The Kier molecular flexibility index (Phi) is 15.2. The van der Waals surface area contributed by atoms with Crippen LogP contribution in [0.15, 0.2) is 42.9 Å². The molecule has 5 atom stereocenters. The molecule has 1 aromatic carbocycles. The Bertz CT molecular complexity index is 1420. The minimum Gasteiger partial charge on any atom is -0.480 e. The molecular formula is C31H45N9O8. The molecule has 0 fully saturated rings. The fraction of sp³-hybridized carbons (Fsp3) is 0.484. The maximum atomic E-state index is 13.8. The number of amides is 6. The number of nitrogens with two attached hydrogens (primary N) is 2. The molecule has 0 unspecified atom stereocenters. The Morgan fingerprint density at radius 3 is 1.75 bits per heavy atom. The predicted octanol–water partition coefficient (Wildman–Crippen LogP) is -2.15. The van der Waals surface area contributed by atoms with Gasteiger partial charge in [0.15, 0.2) is 0 Å². The number of primary amides is 1. The van der Waals surface area contributed by atoms with E-state index >= 15 is 0 Å². The van der Waals surface area contributed by atoms with E-state index in [4.69, 9.17) is 11.5 Å². The Labute approximate surface area is 277 Å². The third kappa shape index (κ3) is 12.5. The van der Waals surface area contributed by atoms with Gasteiger partial charge in [0.2, 0.25) is 35.4 Å². The molecule has 0 saturated heterocycles. The lowest BCUT2D eigenvalue weighted by Gasteiger charge is -2.29. The van der Waals surface area contributed by atoms with E-state index in [0.29, 0.717) is 11.3 Å². The van der Waals surface area contributed by atoms with Crippen LogP contribution < -0.4 is 38.1 Å². The molecule has 0 bridgehead atoms. The van der Waals surface area contributed by atoms with Gasteiger partial charge in [-0.2, -0.15) is 0 Å². The summed E-state index contributed by atoms with van der Waals surface area (Å²) in [6.45, 7) is 6.41. The number of benzene rings is 1. The Morgan fingerprint density at radius 1 is 0.750 bits per heavy atom. The third-order valence-electron chi connectivity index (χ3n) is 7.25. The van der Waals surface area contributed by atoms with Crippen LogP contribution in [0.25, 0.3) is 0 Å². The fourth-order valence-corrected chi connectivity index (χ4v) is 4.64. The average Bonchev–Trinajstić information content (AvgIpc) is 3.54. The van der Waals surface area contributed by atoms with Gasteiger partial charge in [-0.15, -0.1) is 0 Å². The van der Waals surface area contributed by atoms with Crippen molar-refractivity contribution in [2.75, 3.05) is 6.54 Å². The maximum Gasteiger partial charge on any atom is 0.326 e. The molecule has 2 rings (SSSR count). The molecule has 0 spiro atoms. The third-order valence-corrected chi connectivity index (χ3v) is 7.25. The summed E-state index contributed by atoms with van der Waals surface area (Å²) in [6.07, 6.45) is 1.98. The summed E-state index contributed by atoms with van der Waals surface area (Å²) in [5, 5.41) is 22.2. The molecular weight excluding hydrogens is 626 g/mol. The number of carboxylic acids is 1. The average molecular weight is 672 g/mol. The first kappa shape index (κ1) is 38.9. The molecule has 1 aromatic heterocycles. The minimum atomic E-state index is -1.65. The summed E-state index contributed by atoms with van der Waals surface area (Å²) in [7, 11) is 0. The zero-order valence-electron chi connectivity index (χ0n) is 27.3. The molecule has 0 radical (unpaired) electrons. The number of nitrogens with one attached hydrogen (secondary N) is 6. The summed E-state index contributed by atoms with van der Waals surface area (Å²) in [5.74, 6) is -6.93. The van der Waals surface area contributed by atoms with Gasteiger partial charge in [0.1, 0.15) is 30.2 Å². The highest BCUT2D eigenvalue weighted by Gasteiger charge is 2.34. The maximum absolute atomic E-state index is 13.8. The molecule has 2 aromatic rings. The largest absolute Gasteiger partial charge is 0.480 e. The number of hydrogen-bond donors (Lipinski definition) is 9. The van der Waals surface area contributed by atoms with Crippen molar-refractivity contribution < 1.29 is 38.7 Å². The first-order valence-electron chi connectivity index (χ1n) is 15.4. The highest BCUT2D eigenvalue weighted by molar-refractivity contribution is 5.96. The smallest absolute Gasteiger partial charge is 0.326 e. The number of carboxylic acid groups (broad SMARTS) is 1. The minimum absolute atomic E-state index is 0.0434. The van der Waals surface area contributed by atoms with E-state index in [1.54, 1.807) is 58.0 Å². The molecule has 0 aliphatic carbocycles. The molecule has 17 heteroatoms. The van der Waals surface area contributed by atoms with Gasteiger partial charge in [0, 0.05) is 24.7 Å². The number of H-pyrrole nitrogens is 1. The number of aliphatic carboxylic acids is 1. The monoisotopic (exact) mass is 671 g/mol. The van der Waals surface area contributed by atoms with Crippen molar-refractivity contribution in [1.82, 2.24) is 36.6 Å². The predicted molar refractivity (Wildman–Crippen MR) is 172 cm³/mol. The van der Waals surface area contributed by atoms with Crippen molar-refractivity contribution in [2.24, 2.45) is 23.3 Å². The molecule has 0 aliphatic rings. The number of aromatic nitrogens is 2. The number of imidazole rings is 1. The van der Waals surface area contributed by atoms with Gasteiger partial charge in [-0.3, -0.25) is 28.8 Å². The first-order valence-corrected chi connectivity index (χ1v) is 15.4. The van der Waals surface area contributed by atoms with Crippen molar-refractivity contribution >= 4 is 41.4 Å². The Balaban J connectivity index is 2.33. The van der Waals surface area contributed by atoms with E-state index in [-0.39, 0.29) is 25.3 Å². The SMILES string of the molecule is CC(C)[C@H](NC(=O)CN)C(=O)N[C@@H](Cc1ccccc1)C(=O)N[C@H](C(=O)N[C@@H](Cc1cnc[nH]1)C(=O)N[C@@H](CC(N)=O)C(=O)O)C(C)C. The molecule has 6 amide bonds. The van der Waals surface area contributed by atoms with Crippen LogP contribution in [0.3, 0.4) is 0 Å². The second-order valence-electron chi connectivity index (χ2n) is 11.9. The number of nitrogens with zero attached hydrogens (tertiary/aromatic N) is 1. The van der Waals surface area contributed by atoms with Crippen molar-refractivity contribution in [3.8, 4) is 0 Å². The lowest BCUT2D eigenvalue weighted by atomic mass is 9.99. The van der Waals surface area contributed by atoms with Gasteiger partial charge < -0.3 is 48.1 Å². The first-order chi connectivity index (χ1) is 22.6. The molecule has 1 heterocycles. The van der Waals surface area contributed by atoms with E-state index in [0.717, 1.165) is 0 Å². The van der Waals surface area contributed by atoms with Crippen LogP contribution >= 0.6 is 0 Å². The summed E-state index contributed by atoms with van der Waals surface area (Å²) in [6, 6.07) is 2.43. The Morgan fingerprint density at radius 2 is 1.27 bits per heavy atom. The van der Waals surface area contributed by atoms with Crippen LogP contribution in [0.4, 0.5) is 0 Å². The topological polar surface area (TPSA) is 281 Å². The van der Waals surface area contributed by atoms with E-state index in [1.165, 1.54) is 12.5 Å². The lowest BCUT2D eigenvalue weighted by Crippen LogP contribution is -2.61. The normalized spacial score (nSPS) is 14.1. The number of carbonyl (C=O) groups excluding carboxylic acids is 6. The van der Waals surface area contributed by atoms with Crippen molar-refractivity contribution in [3.63, 3.8) is 0 Å². The second kappa shape index (κ2) is 18.7. The van der Waals surface area contributed by atoms with E-state index in [2.05, 4.69) is 36.6 Å². The number of rotatable bonds is 19. The molecule has 262 valence electrons. The number of hydrogen-bond acceptors (Lipinski definition) is 9. The summed E-state index contributed by atoms with van der Waals surface area (Å²) >= 11 is 0. The fourth-order valence-electron chi connectivity index (χ4n) is 4.64. The second-order valence-corrected chi connectivity index (χ2v) is 11.9. The van der Waals surface area contributed by atoms with Gasteiger partial charge in [-0.25, -0.2) is 9.78 Å².